The quantitative estimate of drug-likeness (QED) is 0.519. The number of carboxylic acids is 1. The summed E-state index contributed by atoms with van der Waals surface area (Å²) in [5.74, 6) is -1.77. The molecule has 0 radical (unpaired) electrons. The highest BCUT2D eigenvalue weighted by atomic mass is 32.2. The van der Waals surface area contributed by atoms with E-state index < -0.39 is 21.9 Å². The maximum absolute atomic E-state index is 12.5. The Labute approximate surface area is 174 Å². The van der Waals surface area contributed by atoms with Crippen LogP contribution in [0.1, 0.15) is 22.8 Å². The predicted molar refractivity (Wildman–Crippen MR) is 118 cm³/mol. The number of amides is 1. The standard InChI is InChI=1S/C22H20N2O5S/c1-14(16-8-7-15-5-3-4-6-17(15)12-16)11-21(25)23-20-13-18(24-30(2,28)29)9-10-19(20)22(26)27/h3-13,24H,1-2H3,(H,23,25)(H,26,27). The van der Waals surface area contributed by atoms with Gasteiger partial charge in [-0.3, -0.25) is 9.52 Å². The van der Waals surface area contributed by atoms with Crippen LogP contribution in [0.25, 0.3) is 16.3 Å². The summed E-state index contributed by atoms with van der Waals surface area (Å²) in [7, 11) is -3.55. The van der Waals surface area contributed by atoms with Gasteiger partial charge in [0, 0.05) is 6.08 Å². The molecule has 3 rings (SSSR count). The summed E-state index contributed by atoms with van der Waals surface area (Å²) < 4.78 is 25.1. The average Bonchev–Trinajstić information content (AvgIpc) is 2.66. The second-order valence-electron chi connectivity index (χ2n) is 6.82. The zero-order valence-electron chi connectivity index (χ0n) is 16.3. The molecule has 3 N–H and O–H groups in total. The zero-order chi connectivity index (χ0) is 21.9. The second kappa shape index (κ2) is 8.38. The highest BCUT2D eigenvalue weighted by Crippen LogP contribution is 2.24. The maximum Gasteiger partial charge on any atom is 0.337 e. The number of anilines is 2. The summed E-state index contributed by atoms with van der Waals surface area (Å²) in [6.45, 7) is 1.78. The van der Waals surface area contributed by atoms with Crippen molar-refractivity contribution in [2.45, 2.75) is 6.92 Å². The van der Waals surface area contributed by atoms with E-state index in [-0.39, 0.29) is 16.9 Å². The number of fused-ring (bicyclic) bond motifs is 1. The van der Waals surface area contributed by atoms with Crippen molar-refractivity contribution in [3.63, 3.8) is 0 Å². The minimum Gasteiger partial charge on any atom is -0.478 e. The van der Waals surface area contributed by atoms with Crippen molar-refractivity contribution in [1.29, 1.82) is 0 Å². The summed E-state index contributed by atoms with van der Waals surface area (Å²) in [4.78, 5) is 24.0. The van der Waals surface area contributed by atoms with E-state index in [9.17, 15) is 23.1 Å². The summed E-state index contributed by atoms with van der Waals surface area (Å²) in [5.41, 5.74) is 1.53. The summed E-state index contributed by atoms with van der Waals surface area (Å²) >= 11 is 0. The van der Waals surface area contributed by atoms with Gasteiger partial charge in [0.25, 0.3) is 0 Å². The van der Waals surface area contributed by atoms with Gasteiger partial charge >= 0.3 is 5.97 Å². The van der Waals surface area contributed by atoms with Crippen molar-refractivity contribution in [3.05, 3.63) is 77.9 Å². The Morgan fingerprint density at radius 3 is 2.33 bits per heavy atom. The SMILES string of the molecule is CC(=CC(=O)Nc1cc(NS(C)(=O)=O)ccc1C(=O)O)c1ccc2ccccc2c1. The Kier molecular flexibility index (Phi) is 5.89. The third-order valence-electron chi connectivity index (χ3n) is 4.36. The van der Waals surface area contributed by atoms with Crippen LogP contribution in [0.15, 0.2) is 66.7 Å². The third-order valence-corrected chi connectivity index (χ3v) is 4.97. The Morgan fingerprint density at radius 2 is 1.67 bits per heavy atom. The average molecular weight is 424 g/mol. The van der Waals surface area contributed by atoms with E-state index in [1.54, 1.807) is 6.92 Å². The van der Waals surface area contributed by atoms with Gasteiger partial charge in [-0.25, -0.2) is 13.2 Å². The summed E-state index contributed by atoms with van der Waals surface area (Å²) in [5, 5.41) is 14.0. The second-order valence-corrected chi connectivity index (χ2v) is 8.57. The highest BCUT2D eigenvalue weighted by Gasteiger charge is 2.14. The molecule has 3 aromatic carbocycles. The molecule has 0 spiro atoms. The molecule has 1 amide bonds. The highest BCUT2D eigenvalue weighted by molar-refractivity contribution is 7.92. The van der Waals surface area contributed by atoms with E-state index in [2.05, 4.69) is 10.0 Å². The number of hydrogen-bond acceptors (Lipinski definition) is 4. The first-order chi connectivity index (χ1) is 14.1. The number of benzene rings is 3. The molecule has 0 fully saturated rings. The van der Waals surface area contributed by atoms with Gasteiger partial charge in [-0.05, 0) is 53.1 Å². The number of rotatable bonds is 6. The van der Waals surface area contributed by atoms with E-state index in [0.29, 0.717) is 5.57 Å². The zero-order valence-corrected chi connectivity index (χ0v) is 17.2. The van der Waals surface area contributed by atoms with Crippen molar-refractivity contribution in [2.24, 2.45) is 0 Å². The van der Waals surface area contributed by atoms with E-state index in [1.807, 2.05) is 42.5 Å². The summed E-state index contributed by atoms with van der Waals surface area (Å²) in [6.07, 6.45) is 2.35. The van der Waals surface area contributed by atoms with Gasteiger partial charge in [-0.15, -0.1) is 0 Å². The van der Waals surface area contributed by atoms with Crippen LogP contribution in [0.2, 0.25) is 0 Å². The number of hydrogen-bond donors (Lipinski definition) is 3. The van der Waals surface area contributed by atoms with E-state index >= 15 is 0 Å². The molecule has 154 valence electrons. The normalized spacial score (nSPS) is 11.9. The minimum absolute atomic E-state index is 0.0105. The van der Waals surface area contributed by atoms with E-state index in [0.717, 1.165) is 22.6 Å². The molecule has 0 atom stereocenters. The lowest BCUT2D eigenvalue weighted by atomic mass is 10.0. The van der Waals surface area contributed by atoms with Crippen molar-refractivity contribution in [3.8, 4) is 0 Å². The van der Waals surface area contributed by atoms with Crippen molar-refractivity contribution in [1.82, 2.24) is 0 Å². The first kappa shape index (κ1) is 21.1. The number of aromatic carboxylic acids is 1. The third kappa shape index (κ3) is 5.24. The van der Waals surface area contributed by atoms with Gasteiger partial charge in [0.05, 0.1) is 23.2 Å². The molecule has 0 aromatic heterocycles. The Balaban J connectivity index is 1.87. The topological polar surface area (TPSA) is 113 Å². The molecule has 0 bridgehead atoms. The maximum atomic E-state index is 12.5. The Bertz CT molecular complexity index is 1280. The van der Waals surface area contributed by atoms with Crippen LogP contribution in [-0.4, -0.2) is 31.7 Å². The molecular formula is C22H20N2O5S. The molecule has 0 saturated heterocycles. The number of allylic oxidation sites excluding steroid dienone is 1. The molecule has 0 aliphatic carbocycles. The number of carbonyl (C=O) groups excluding carboxylic acids is 1. The predicted octanol–water partition coefficient (Wildman–Crippen LogP) is 3.95. The van der Waals surface area contributed by atoms with Crippen LogP contribution in [0.4, 0.5) is 11.4 Å². The molecule has 0 aliphatic heterocycles. The van der Waals surface area contributed by atoms with E-state index in [4.69, 9.17) is 0 Å². The molecule has 0 unspecified atom stereocenters. The van der Waals surface area contributed by atoms with Crippen LogP contribution < -0.4 is 10.0 Å². The van der Waals surface area contributed by atoms with Crippen LogP contribution >= 0.6 is 0 Å². The summed E-state index contributed by atoms with van der Waals surface area (Å²) in [6, 6.07) is 17.5. The molecule has 0 heterocycles. The van der Waals surface area contributed by atoms with Crippen molar-refractivity contribution in [2.75, 3.05) is 16.3 Å². The fraction of sp³-hybridized carbons (Fsp3) is 0.0909. The molecule has 3 aromatic rings. The number of nitrogens with one attached hydrogen (secondary N) is 2. The fourth-order valence-electron chi connectivity index (χ4n) is 3.00. The van der Waals surface area contributed by atoms with E-state index in [1.165, 1.54) is 24.3 Å². The number of sulfonamides is 1. The Hall–Kier alpha value is -3.65. The molecule has 8 heteroatoms. The molecule has 30 heavy (non-hydrogen) atoms. The number of carbonyl (C=O) groups is 2. The number of carboxylic acid groups (broad SMARTS) is 1. The first-order valence-corrected chi connectivity index (χ1v) is 10.8. The lowest BCUT2D eigenvalue weighted by Gasteiger charge is -2.11. The van der Waals surface area contributed by atoms with Crippen molar-refractivity contribution >= 4 is 49.6 Å². The first-order valence-electron chi connectivity index (χ1n) is 8.96. The fourth-order valence-corrected chi connectivity index (χ4v) is 3.55. The van der Waals surface area contributed by atoms with Crippen LogP contribution in [0.3, 0.4) is 0 Å². The monoisotopic (exact) mass is 424 g/mol. The lowest BCUT2D eigenvalue weighted by molar-refractivity contribution is -0.111. The minimum atomic E-state index is -3.55. The van der Waals surface area contributed by atoms with Gasteiger partial charge in [0.2, 0.25) is 15.9 Å². The van der Waals surface area contributed by atoms with Crippen LogP contribution in [0, 0.1) is 0 Å². The molecular weight excluding hydrogens is 404 g/mol. The van der Waals surface area contributed by atoms with Gasteiger partial charge in [0.1, 0.15) is 0 Å². The molecule has 0 saturated carbocycles. The molecule has 0 aliphatic rings. The van der Waals surface area contributed by atoms with Gasteiger partial charge < -0.3 is 10.4 Å². The molecule has 7 nitrogen and oxygen atoms in total. The van der Waals surface area contributed by atoms with Gasteiger partial charge in [-0.1, -0.05) is 36.4 Å². The van der Waals surface area contributed by atoms with Gasteiger partial charge in [-0.2, -0.15) is 0 Å². The van der Waals surface area contributed by atoms with Gasteiger partial charge in [0.15, 0.2) is 0 Å². The lowest BCUT2D eigenvalue weighted by Crippen LogP contribution is -2.14. The smallest absolute Gasteiger partial charge is 0.337 e. The van der Waals surface area contributed by atoms with Crippen molar-refractivity contribution < 1.29 is 23.1 Å². The van der Waals surface area contributed by atoms with Crippen LogP contribution in [0.5, 0.6) is 0 Å². The largest absolute Gasteiger partial charge is 0.478 e. The Morgan fingerprint density at radius 1 is 0.967 bits per heavy atom. The van der Waals surface area contributed by atoms with Crippen LogP contribution in [-0.2, 0) is 14.8 Å².